The Labute approximate surface area is 149 Å². The van der Waals surface area contributed by atoms with Gasteiger partial charge in [-0.2, -0.15) is 0 Å². The van der Waals surface area contributed by atoms with Crippen LogP contribution in [0.25, 0.3) is 0 Å². The van der Waals surface area contributed by atoms with Gasteiger partial charge in [-0.25, -0.2) is 4.79 Å². The highest BCUT2D eigenvalue weighted by molar-refractivity contribution is 5.85. The Hall–Kier alpha value is -1.79. The molecule has 2 rings (SSSR count). The molecule has 1 fully saturated rings. The first-order valence-electron chi connectivity index (χ1n) is 8.12. The van der Waals surface area contributed by atoms with E-state index in [-0.39, 0.29) is 30.8 Å². The van der Waals surface area contributed by atoms with Crippen molar-refractivity contribution < 1.29 is 9.59 Å². The third-order valence-electron chi connectivity index (χ3n) is 4.58. The Kier molecular flexibility index (Phi) is 8.01. The maximum atomic E-state index is 12.4. The molecule has 6 nitrogen and oxygen atoms in total. The van der Waals surface area contributed by atoms with E-state index in [0.717, 1.165) is 30.4 Å². The molecular weight excluding hydrogens is 328 g/mol. The van der Waals surface area contributed by atoms with Crippen LogP contribution in [-0.4, -0.2) is 24.5 Å². The second-order valence-electron chi connectivity index (χ2n) is 6.22. The van der Waals surface area contributed by atoms with Crippen LogP contribution in [0.2, 0.25) is 0 Å². The molecule has 0 heterocycles. The van der Waals surface area contributed by atoms with Gasteiger partial charge in [0.15, 0.2) is 0 Å². The predicted molar refractivity (Wildman–Crippen MR) is 96.8 cm³/mol. The summed E-state index contributed by atoms with van der Waals surface area (Å²) in [6.07, 6.45) is 3.28. The first kappa shape index (κ1) is 20.3. The highest BCUT2D eigenvalue weighted by Gasteiger charge is 2.28. The minimum atomic E-state index is -0.633. The second kappa shape index (κ2) is 9.49. The molecule has 24 heavy (non-hydrogen) atoms. The molecule has 1 aliphatic carbocycles. The number of nitrogens with one attached hydrogen (secondary N) is 2. The maximum absolute atomic E-state index is 12.4. The first-order valence-corrected chi connectivity index (χ1v) is 8.12. The van der Waals surface area contributed by atoms with Gasteiger partial charge >= 0.3 is 6.03 Å². The second-order valence-corrected chi connectivity index (χ2v) is 6.22. The lowest BCUT2D eigenvalue weighted by Gasteiger charge is -2.23. The number of urea groups is 1. The Bertz CT molecular complexity index is 567. The lowest BCUT2D eigenvalue weighted by Crippen LogP contribution is -2.42. The maximum Gasteiger partial charge on any atom is 0.312 e. The van der Waals surface area contributed by atoms with Gasteiger partial charge in [-0.1, -0.05) is 30.7 Å². The summed E-state index contributed by atoms with van der Waals surface area (Å²) in [5.74, 6) is 0.261. The number of hydrogen-bond acceptors (Lipinski definition) is 3. The molecule has 1 saturated carbocycles. The van der Waals surface area contributed by atoms with Crippen LogP contribution in [0.15, 0.2) is 24.3 Å². The summed E-state index contributed by atoms with van der Waals surface area (Å²) in [5.41, 5.74) is 12.9. The molecule has 134 valence electrons. The Morgan fingerprint density at radius 2 is 2.00 bits per heavy atom. The van der Waals surface area contributed by atoms with Crippen molar-refractivity contribution in [2.45, 2.75) is 44.7 Å². The standard InChI is InChI=1S/C17H26N4O2.ClH/c1-11-5-2-3-7-13(11)15(21-17(19)23)9-16(22)20-14-8-4-6-12(14)10-18;/h2-3,5,7,12,14-15H,4,6,8-10,18H2,1H3,(H,20,22)(H3,19,21,23);1H. The van der Waals surface area contributed by atoms with Crippen molar-refractivity contribution in [1.29, 1.82) is 0 Å². The highest BCUT2D eigenvalue weighted by atomic mass is 35.5. The largest absolute Gasteiger partial charge is 0.353 e. The van der Waals surface area contributed by atoms with Crippen LogP contribution in [-0.2, 0) is 4.79 Å². The Morgan fingerprint density at radius 3 is 2.62 bits per heavy atom. The third-order valence-corrected chi connectivity index (χ3v) is 4.58. The van der Waals surface area contributed by atoms with Gasteiger partial charge < -0.3 is 22.1 Å². The molecule has 3 unspecified atom stereocenters. The van der Waals surface area contributed by atoms with Crippen LogP contribution >= 0.6 is 12.4 Å². The Morgan fingerprint density at radius 1 is 1.29 bits per heavy atom. The van der Waals surface area contributed by atoms with Crippen molar-refractivity contribution >= 4 is 24.3 Å². The fraction of sp³-hybridized carbons (Fsp3) is 0.529. The number of nitrogens with two attached hydrogens (primary N) is 2. The van der Waals surface area contributed by atoms with E-state index < -0.39 is 12.1 Å². The number of primary amides is 1. The summed E-state index contributed by atoms with van der Waals surface area (Å²) < 4.78 is 0. The molecule has 7 heteroatoms. The van der Waals surface area contributed by atoms with Gasteiger partial charge in [0.2, 0.25) is 5.91 Å². The fourth-order valence-corrected chi connectivity index (χ4v) is 3.35. The Balaban J connectivity index is 0.00000288. The van der Waals surface area contributed by atoms with Gasteiger partial charge in [-0.3, -0.25) is 4.79 Å². The molecule has 0 bridgehead atoms. The van der Waals surface area contributed by atoms with E-state index in [1.807, 2.05) is 31.2 Å². The summed E-state index contributed by atoms with van der Waals surface area (Å²) in [7, 11) is 0. The van der Waals surface area contributed by atoms with Crippen LogP contribution in [0, 0.1) is 12.8 Å². The van der Waals surface area contributed by atoms with Crippen LogP contribution in [0.5, 0.6) is 0 Å². The molecule has 6 N–H and O–H groups in total. The summed E-state index contributed by atoms with van der Waals surface area (Å²) in [6, 6.07) is 6.74. The average Bonchev–Trinajstić information content (AvgIpc) is 2.93. The zero-order valence-electron chi connectivity index (χ0n) is 14.0. The molecular formula is C17H27ClN4O2. The molecule has 0 radical (unpaired) electrons. The van der Waals surface area contributed by atoms with Crippen molar-refractivity contribution in [3.05, 3.63) is 35.4 Å². The van der Waals surface area contributed by atoms with Crippen molar-refractivity contribution in [2.75, 3.05) is 6.54 Å². The zero-order valence-corrected chi connectivity index (χ0v) is 14.8. The van der Waals surface area contributed by atoms with Crippen LogP contribution in [0.4, 0.5) is 4.79 Å². The minimum absolute atomic E-state index is 0. The van der Waals surface area contributed by atoms with Gasteiger partial charge in [0, 0.05) is 6.04 Å². The molecule has 1 aromatic rings. The molecule has 0 spiro atoms. The number of carbonyl (C=O) groups excluding carboxylic acids is 2. The van der Waals surface area contributed by atoms with E-state index in [0.29, 0.717) is 12.5 Å². The summed E-state index contributed by atoms with van der Waals surface area (Å²) in [6.45, 7) is 2.54. The van der Waals surface area contributed by atoms with E-state index in [1.54, 1.807) is 0 Å². The van der Waals surface area contributed by atoms with Crippen LogP contribution < -0.4 is 22.1 Å². The van der Waals surface area contributed by atoms with Crippen molar-refractivity contribution in [1.82, 2.24) is 10.6 Å². The highest BCUT2D eigenvalue weighted by Crippen LogP contribution is 2.25. The van der Waals surface area contributed by atoms with Crippen LogP contribution in [0.1, 0.15) is 42.9 Å². The van der Waals surface area contributed by atoms with E-state index in [2.05, 4.69) is 10.6 Å². The molecule has 3 atom stereocenters. The molecule has 3 amide bonds. The SMILES string of the molecule is Cc1ccccc1C(CC(=O)NC1CCCC1CN)NC(N)=O.Cl. The predicted octanol–water partition coefficient (Wildman–Crippen LogP) is 1.76. The number of halogens is 1. The van der Waals surface area contributed by atoms with E-state index in [9.17, 15) is 9.59 Å². The van der Waals surface area contributed by atoms with E-state index >= 15 is 0 Å². The molecule has 0 aliphatic heterocycles. The van der Waals surface area contributed by atoms with Gasteiger partial charge in [-0.05, 0) is 43.4 Å². The number of carbonyl (C=O) groups is 2. The summed E-state index contributed by atoms with van der Waals surface area (Å²) in [4.78, 5) is 23.7. The number of aryl methyl sites for hydroxylation is 1. The van der Waals surface area contributed by atoms with Gasteiger partial charge in [0.25, 0.3) is 0 Å². The van der Waals surface area contributed by atoms with Crippen LogP contribution in [0.3, 0.4) is 0 Å². The normalized spacial score (nSPS) is 20.8. The van der Waals surface area contributed by atoms with E-state index in [1.165, 1.54) is 0 Å². The smallest absolute Gasteiger partial charge is 0.312 e. The van der Waals surface area contributed by atoms with Crippen molar-refractivity contribution in [3.8, 4) is 0 Å². The number of hydrogen-bond donors (Lipinski definition) is 4. The number of amides is 3. The van der Waals surface area contributed by atoms with Gasteiger partial charge in [0.1, 0.15) is 0 Å². The average molecular weight is 355 g/mol. The lowest BCUT2D eigenvalue weighted by molar-refractivity contribution is -0.122. The molecule has 0 aromatic heterocycles. The van der Waals surface area contributed by atoms with Gasteiger partial charge in [0.05, 0.1) is 12.5 Å². The molecule has 0 saturated heterocycles. The summed E-state index contributed by atoms with van der Waals surface area (Å²) >= 11 is 0. The molecule has 1 aliphatic rings. The van der Waals surface area contributed by atoms with Crippen molar-refractivity contribution in [2.24, 2.45) is 17.4 Å². The molecule has 1 aromatic carbocycles. The topological polar surface area (TPSA) is 110 Å². The van der Waals surface area contributed by atoms with Crippen molar-refractivity contribution in [3.63, 3.8) is 0 Å². The van der Waals surface area contributed by atoms with E-state index in [4.69, 9.17) is 11.5 Å². The first-order chi connectivity index (χ1) is 11.0. The quantitative estimate of drug-likeness (QED) is 0.624. The number of rotatable bonds is 6. The zero-order chi connectivity index (χ0) is 16.8. The van der Waals surface area contributed by atoms with Gasteiger partial charge in [-0.15, -0.1) is 12.4 Å². The summed E-state index contributed by atoms with van der Waals surface area (Å²) in [5, 5.41) is 5.73. The fourth-order valence-electron chi connectivity index (χ4n) is 3.35. The third kappa shape index (κ3) is 5.39. The minimum Gasteiger partial charge on any atom is -0.353 e. The monoisotopic (exact) mass is 354 g/mol. The lowest BCUT2D eigenvalue weighted by atomic mass is 9.98. The number of benzene rings is 1.